The van der Waals surface area contributed by atoms with Gasteiger partial charge in [-0.15, -0.1) is 0 Å². The van der Waals surface area contributed by atoms with Crippen LogP contribution in [0, 0.1) is 11.3 Å². The first kappa shape index (κ1) is 20.5. The second kappa shape index (κ2) is 8.43. The number of carbonyl (C=O) groups is 1. The zero-order chi connectivity index (χ0) is 21.0. The average molecular weight is 426 g/mol. The van der Waals surface area contributed by atoms with Crippen LogP contribution in [0.5, 0.6) is 0 Å². The van der Waals surface area contributed by atoms with Crippen molar-refractivity contribution in [2.75, 3.05) is 6.26 Å². The summed E-state index contributed by atoms with van der Waals surface area (Å²) in [5, 5.41) is 12.0. The highest BCUT2D eigenvalue weighted by molar-refractivity contribution is 7.90. The molecule has 146 valence electrons. The summed E-state index contributed by atoms with van der Waals surface area (Å²) in [7, 11) is -3.35. The molecule has 29 heavy (non-hydrogen) atoms. The fourth-order valence-corrected chi connectivity index (χ4v) is 3.60. The van der Waals surface area contributed by atoms with Gasteiger partial charge in [0, 0.05) is 23.4 Å². The molecule has 0 saturated carbocycles. The Kier molecular flexibility index (Phi) is 5.97. The molecular formula is C21H16ClN3O3S. The Bertz CT molecular complexity index is 1230. The zero-order valence-electron chi connectivity index (χ0n) is 15.4. The Morgan fingerprint density at radius 1 is 1.14 bits per heavy atom. The molecule has 0 aliphatic heterocycles. The van der Waals surface area contributed by atoms with E-state index in [1.807, 2.05) is 6.07 Å². The van der Waals surface area contributed by atoms with Gasteiger partial charge in [-0.3, -0.25) is 4.79 Å². The number of amides is 1. The summed E-state index contributed by atoms with van der Waals surface area (Å²) >= 11 is 6.14. The average Bonchev–Trinajstić information content (AvgIpc) is 2.72. The maximum atomic E-state index is 12.5. The molecule has 0 radical (unpaired) electrons. The van der Waals surface area contributed by atoms with Crippen molar-refractivity contribution in [3.8, 4) is 17.3 Å². The lowest BCUT2D eigenvalue weighted by molar-refractivity contribution is 0.0946. The minimum absolute atomic E-state index is 0.117. The lowest BCUT2D eigenvalue weighted by Crippen LogP contribution is -2.24. The maximum Gasteiger partial charge on any atom is 0.270 e. The Morgan fingerprint density at radius 2 is 1.90 bits per heavy atom. The van der Waals surface area contributed by atoms with E-state index >= 15 is 0 Å². The number of aromatic nitrogens is 1. The van der Waals surface area contributed by atoms with Crippen LogP contribution in [-0.2, 0) is 16.4 Å². The minimum atomic E-state index is -3.35. The number of rotatable bonds is 5. The van der Waals surface area contributed by atoms with Gasteiger partial charge < -0.3 is 5.32 Å². The Balaban J connectivity index is 1.76. The number of hydrogen-bond acceptors (Lipinski definition) is 5. The number of nitriles is 1. The van der Waals surface area contributed by atoms with Crippen molar-refractivity contribution < 1.29 is 13.2 Å². The number of benzene rings is 2. The van der Waals surface area contributed by atoms with Crippen LogP contribution in [0.1, 0.15) is 21.6 Å². The highest BCUT2D eigenvalue weighted by Gasteiger charge is 2.13. The molecule has 0 aliphatic rings. The summed E-state index contributed by atoms with van der Waals surface area (Å²) in [4.78, 5) is 17.0. The van der Waals surface area contributed by atoms with Crippen molar-refractivity contribution >= 4 is 27.3 Å². The topological polar surface area (TPSA) is 99.9 Å². The van der Waals surface area contributed by atoms with Gasteiger partial charge in [0.2, 0.25) is 0 Å². The van der Waals surface area contributed by atoms with E-state index in [4.69, 9.17) is 16.9 Å². The van der Waals surface area contributed by atoms with Crippen molar-refractivity contribution in [2.24, 2.45) is 0 Å². The first-order valence-corrected chi connectivity index (χ1v) is 10.8. The zero-order valence-corrected chi connectivity index (χ0v) is 17.0. The van der Waals surface area contributed by atoms with Crippen molar-refractivity contribution in [3.63, 3.8) is 0 Å². The third kappa shape index (κ3) is 4.99. The normalized spacial score (nSPS) is 10.9. The van der Waals surface area contributed by atoms with E-state index in [1.165, 1.54) is 12.1 Å². The van der Waals surface area contributed by atoms with Crippen LogP contribution in [0.15, 0.2) is 65.6 Å². The summed E-state index contributed by atoms with van der Waals surface area (Å²) in [6, 6.07) is 18.5. The number of halogens is 1. The van der Waals surface area contributed by atoms with Gasteiger partial charge >= 0.3 is 0 Å². The van der Waals surface area contributed by atoms with E-state index < -0.39 is 15.7 Å². The summed E-state index contributed by atoms with van der Waals surface area (Å²) < 4.78 is 23.2. The fraction of sp³-hybridized carbons (Fsp3) is 0.0952. The molecule has 0 spiro atoms. The molecule has 1 N–H and O–H groups in total. The van der Waals surface area contributed by atoms with Crippen molar-refractivity contribution in [3.05, 3.63) is 82.5 Å². The van der Waals surface area contributed by atoms with E-state index in [0.717, 1.165) is 11.8 Å². The third-order valence-electron chi connectivity index (χ3n) is 4.16. The van der Waals surface area contributed by atoms with E-state index in [0.29, 0.717) is 16.8 Å². The smallest absolute Gasteiger partial charge is 0.270 e. The lowest BCUT2D eigenvalue weighted by Gasteiger charge is -2.09. The number of sulfone groups is 1. The summed E-state index contributed by atoms with van der Waals surface area (Å²) in [5.74, 6) is -0.397. The number of nitrogens with one attached hydrogen (secondary N) is 1. The number of pyridine rings is 1. The predicted octanol–water partition coefficient (Wildman–Crippen LogP) is 3.61. The lowest BCUT2D eigenvalue weighted by atomic mass is 10.1. The van der Waals surface area contributed by atoms with Gasteiger partial charge in [0.05, 0.1) is 22.2 Å². The molecule has 0 fully saturated rings. The van der Waals surface area contributed by atoms with E-state index in [9.17, 15) is 13.2 Å². The van der Waals surface area contributed by atoms with E-state index in [2.05, 4.69) is 16.4 Å². The first-order valence-electron chi connectivity index (χ1n) is 8.52. The molecule has 6 nitrogen and oxygen atoms in total. The van der Waals surface area contributed by atoms with Crippen LogP contribution in [-0.4, -0.2) is 25.6 Å². The van der Waals surface area contributed by atoms with Crippen LogP contribution in [0.4, 0.5) is 0 Å². The van der Waals surface area contributed by atoms with Crippen LogP contribution >= 0.6 is 11.6 Å². The Hall–Kier alpha value is -3.21. The van der Waals surface area contributed by atoms with Crippen LogP contribution < -0.4 is 5.32 Å². The highest BCUT2D eigenvalue weighted by atomic mass is 35.5. The highest BCUT2D eigenvalue weighted by Crippen LogP contribution is 2.21. The molecule has 0 unspecified atom stereocenters. The van der Waals surface area contributed by atoms with Crippen molar-refractivity contribution in [1.82, 2.24) is 10.3 Å². The molecule has 1 aromatic heterocycles. The monoisotopic (exact) mass is 425 g/mol. The van der Waals surface area contributed by atoms with Crippen molar-refractivity contribution in [2.45, 2.75) is 11.4 Å². The molecule has 0 aliphatic carbocycles. The van der Waals surface area contributed by atoms with E-state index in [1.54, 1.807) is 42.5 Å². The molecule has 0 atom stereocenters. The third-order valence-corrected chi connectivity index (χ3v) is 5.62. The largest absolute Gasteiger partial charge is 0.347 e. The standard InChI is InChI=1S/C21H16ClN3O3S/c1-29(27,28)17-9-8-16(18(22)11-17)13-24-21(26)20-7-3-6-19(25-20)15-5-2-4-14(10-15)12-23/h2-11H,13H2,1H3,(H,24,26). The van der Waals surface area contributed by atoms with Gasteiger partial charge in [-0.25, -0.2) is 13.4 Å². The molecule has 3 aromatic rings. The second-order valence-corrected chi connectivity index (χ2v) is 8.73. The molecule has 2 aromatic carbocycles. The fourth-order valence-electron chi connectivity index (χ4n) is 2.64. The van der Waals surface area contributed by atoms with E-state index in [-0.39, 0.29) is 22.2 Å². The minimum Gasteiger partial charge on any atom is -0.347 e. The number of nitrogens with zero attached hydrogens (tertiary/aromatic N) is 2. The van der Waals surface area contributed by atoms with Gasteiger partial charge in [0.1, 0.15) is 5.69 Å². The summed E-state index contributed by atoms with van der Waals surface area (Å²) in [6.45, 7) is 0.123. The number of carbonyl (C=O) groups excluding carboxylic acids is 1. The Morgan fingerprint density at radius 3 is 2.59 bits per heavy atom. The first-order chi connectivity index (χ1) is 13.8. The van der Waals surface area contributed by atoms with Gasteiger partial charge in [-0.2, -0.15) is 5.26 Å². The molecule has 0 bridgehead atoms. The quantitative estimate of drug-likeness (QED) is 0.673. The van der Waals surface area contributed by atoms with Crippen molar-refractivity contribution in [1.29, 1.82) is 5.26 Å². The summed E-state index contributed by atoms with van der Waals surface area (Å²) in [6.07, 6.45) is 1.10. The van der Waals surface area contributed by atoms with Gasteiger partial charge in [-0.1, -0.05) is 35.9 Å². The van der Waals surface area contributed by atoms with Crippen LogP contribution in [0.3, 0.4) is 0 Å². The van der Waals surface area contributed by atoms with Crippen LogP contribution in [0.2, 0.25) is 5.02 Å². The second-order valence-electron chi connectivity index (χ2n) is 6.31. The van der Waals surface area contributed by atoms with Crippen LogP contribution in [0.25, 0.3) is 11.3 Å². The SMILES string of the molecule is CS(=O)(=O)c1ccc(CNC(=O)c2cccc(-c3cccc(C#N)c3)n2)c(Cl)c1. The predicted molar refractivity (Wildman–Crippen MR) is 110 cm³/mol. The molecule has 8 heteroatoms. The van der Waals surface area contributed by atoms with Gasteiger partial charge in [-0.05, 0) is 42.0 Å². The summed E-state index contributed by atoms with van der Waals surface area (Å²) in [5.41, 5.74) is 2.62. The molecular weight excluding hydrogens is 410 g/mol. The molecule has 0 saturated heterocycles. The Labute approximate surface area is 173 Å². The van der Waals surface area contributed by atoms with Gasteiger partial charge in [0.25, 0.3) is 5.91 Å². The molecule has 3 rings (SSSR count). The van der Waals surface area contributed by atoms with Gasteiger partial charge in [0.15, 0.2) is 9.84 Å². The number of hydrogen-bond donors (Lipinski definition) is 1. The molecule has 1 heterocycles. The maximum absolute atomic E-state index is 12.5. The molecule has 1 amide bonds.